The van der Waals surface area contributed by atoms with Crippen LogP contribution >= 0.6 is 0 Å². The minimum absolute atomic E-state index is 0.0798. The zero-order chi connectivity index (χ0) is 30.5. The maximum atomic E-state index is 15.4. The lowest BCUT2D eigenvalue weighted by atomic mass is 9.91. The fourth-order valence-electron chi connectivity index (χ4n) is 5.36. The zero-order valence-corrected chi connectivity index (χ0v) is 26.2. The normalized spacial score (nSPS) is 18.0. The number of fused-ring (bicyclic) bond motifs is 1. The van der Waals surface area contributed by atoms with Crippen molar-refractivity contribution in [1.29, 1.82) is 0 Å². The van der Waals surface area contributed by atoms with Gasteiger partial charge in [0.1, 0.15) is 18.2 Å². The molecule has 6 nitrogen and oxygen atoms in total. The first-order valence-electron chi connectivity index (χ1n) is 15.2. The number of amides is 2. The Balaban J connectivity index is 0.00000110. The predicted octanol–water partition coefficient (Wildman–Crippen LogP) is 7.32. The van der Waals surface area contributed by atoms with Crippen molar-refractivity contribution in [3.8, 4) is 5.75 Å². The third-order valence-electron chi connectivity index (χ3n) is 6.90. The van der Waals surface area contributed by atoms with Crippen LogP contribution in [-0.2, 0) is 24.5 Å². The van der Waals surface area contributed by atoms with Crippen LogP contribution in [0.4, 0.5) is 4.39 Å². The van der Waals surface area contributed by atoms with Gasteiger partial charge in [0.15, 0.2) is 0 Å². The SMILES string of the molecule is C=C(CN1Cc2c(OCc3cccc(CN4CC(C)CC(C)C4)c3F)cccc2C1=O)NC(=O)CC.CC.CCC. The number of nitrogens with zero attached hydrogens (tertiary/aromatic N) is 2. The van der Waals surface area contributed by atoms with Crippen LogP contribution in [0.1, 0.15) is 94.8 Å². The average Bonchev–Trinajstić information content (AvgIpc) is 3.25. The molecule has 2 aromatic rings. The summed E-state index contributed by atoms with van der Waals surface area (Å²) in [7, 11) is 0. The Bertz CT molecular complexity index is 1160. The van der Waals surface area contributed by atoms with Crippen LogP contribution in [0.2, 0.25) is 0 Å². The molecule has 0 radical (unpaired) electrons. The van der Waals surface area contributed by atoms with E-state index in [0.717, 1.165) is 18.7 Å². The molecule has 1 saturated heterocycles. The monoisotopic (exact) mass is 567 g/mol. The van der Waals surface area contributed by atoms with E-state index in [2.05, 4.69) is 44.5 Å². The number of nitrogens with one attached hydrogen (secondary N) is 1. The standard InChI is InChI=1S/C29H36FN3O3.C3H8.C2H6/c1-5-27(34)31-21(4)15-33-17-25-24(29(33)35)10-7-11-26(25)36-18-23-9-6-8-22(28(23)30)16-32-13-19(2)12-20(3)14-32;1-3-2;1-2/h6-11,19-20H,4-5,12-18H2,1-3H3,(H,31,34);3H2,1-2H3;1-2H3. The molecule has 2 atom stereocenters. The van der Waals surface area contributed by atoms with Crippen LogP contribution in [0.5, 0.6) is 5.75 Å². The molecule has 2 amide bonds. The summed E-state index contributed by atoms with van der Waals surface area (Å²) < 4.78 is 21.4. The van der Waals surface area contributed by atoms with Gasteiger partial charge in [0.25, 0.3) is 5.91 Å². The first-order valence-corrected chi connectivity index (χ1v) is 15.2. The Labute approximate surface area is 246 Å². The summed E-state index contributed by atoms with van der Waals surface area (Å²) in [6.45, 7) is 21.6. The van der Waals surface area contributed by atoms with Crippen molar-refractivity contribution < 1.29 is 18.7 Å². The highest BCUT2D eigenvalue weighted by Crippen LogP contribution is 2.32. The van der Waals surface area contributed by atoms with Gasteiger partial charge in [-0.15, -0.1) is 0 Å². The number of likely N-dealkylation sites (tertiary alicyclic amines) is 1. The van der Waals surface area contributed by atoms with E-state index in [1.54, 1.807) is 30.0 Å². The van der Waals surface area contributed by atoms with Crippen LogP contribution in [0.25, 0.3) is 0 Å². The Kier molecular flexibility index (Phi) is 14.0. The summed E-state index contributed by atoms with van der Waals surface area (Å²) in [4.78, 5) is 28.5. The number of benzene rings is 2. The maximum absolute atomic E-state index is 15.4. The largest absolute Gasteiger partial charge is 0.488 e. The molecule has 1 N–H and O–H groups in total. The Morgan fingerprint density at radius 2 is 1.66 bits per heavy atom. The van der Waals surface area contributed by atoms with Gasteiger partial charge < -0.3 is 15.0 Å². The highest BCUT2D eigenvalue weighted by atomic mass is 19.1. The number of hydrogen-bond donors (Lipinski definition) is 1. The molecule has 226 valence electrons. The molecule has 0 bridgehead atoms. The van der Waals surface area contributed by atoms with Crippen LogP contribution in [0, 0.1) is 17.7 Å². The predicted molar refractivity (Wildman–Crippen MR) is 165 cm³/mol. The van der Waals surface area contributed by atoms with Gasteiger partial charge in [-0.1, -0.05) is 85.7 Å². The van der Waals surface area contributed by atoms with Crippen molar-refractivity contribution in [3.05, 3.63) is 76.7 Å². The lowest BCUT2D eigenvalue weighted by Gasteiger charge is -2.35. The quantitative estimate of drug-likeness (QED) is 0.345. The van der Waals surface area contributed by atoms with Crippen molar-refractivity contribution in [1.82, 2.24) is 15.1 Å². The summed E-state index contributed by atoms with van der Waals surface area (Å²) in [5.41, 5.74) is 2.99. The summed E-state index contributed by atoms with van der Waals surface area (Å²) in [5.74, 6) is 1.30. The minimum Gasteiger partial charge on any atom is -0.488 e. The van der Waals surface area contributed by atoms with Crippen LogP contribution < -0.4 is 10.1 Å². The second-order valence-corrected chi connectivity index (χ2v) is 11.0. The number of piperidine rings is 1. The van der Waals surface area contributed by atoms with E-state index in [1.165, 1.54) is 12.8 Å². The molecule has 0 spiro atoms. The highest BCUT2D eigenvalue weighted by Gasteiger charge is 2.30. The van der Waals surface area contributed by atoms with Crippen molar-refractivity contribution in [2.24, 2.45) is 11.8 Å². The lowest BCUT2D eigenvalue weighted by Crippen LogP contribution is -2.38. The molecular formula is C34H50FN3O3. The van der Waals surface area contributed by atoms with E-state index >= 15 is 4.39 Å². The molecule has 2 heterocycles. The fraction of sp³-hybridized carbons (Fsp3) is 0.529. The average molecular weight is 568 g/mol. The van der Waals surface area contributed by atoms with E-state index in [4.69, 9.17) is 4.74 Å². The molecule has 41 heavy (non-hydrogen) atoms. The summed E-state index contributed by atoms with van der Waals surface area (Å²) in [6, 6.07) is 10.8. The molecule has 1 fully saturated rings. The molecule has 0 aliphatic carbocycles. The van der Waals surface area contributed by atoms with Gasteiger partial charge in [0.05, 0.1) is 13.1 Å². The second kappa shape index (κ2) is 16.9. The van der Waals surface area contributed by atoms with E-state index in [-0.39, 0.29) is 30.8 Å². The van der Waals surface area contributed by atoms with Gasteiger partial charge in [-0.3, -0.25) is 14.5 Å². The first-order chi connectivity index (χ1) is 19.7. The number of carbonyl (C=O) groups is 2. The first kappa shape index (κ1) is 34.0. The number of carbonyl (C=O) groups excluding carboxylic acids is 2. The van der Waals surface area contributed by atoms with Crippen molar-refractivity contribution in [3.63, 3.8) is 0 Å². The molecule has 7 heteroatoms. The Hall–Kier alpha value is -3.19. The Morgan fingerprint density at radius 1 is 1.05 bits per heavy atom. The Morgan fingerprint density at radius 3 is 2.29 bits per heavy atom. The third-order valence-corrected chi connectivity index (χ3v) is 6.90. The molecule has 2 aliphatic rings. The molecule has 0 saturated carbocycles. The number of rotatable bonds is 9. The van der Waals surface area contributed by atoms with Gasteiger partial charge >= 0.3 is 0 Å². The van der Waals surface area contributed by atoms with E-state index < -0.39 is 0 Å². The molecule has 2 aromatic carbocycles. The van der Waals surface area contributed by atoms with Gasteiger partial charge in [0, 0.05) is 54.0 Å². The topological polar surface area (TPSA) is 61.9 Å². The number of ether oxygens (including phenoxy) is 1. The van der Waals surface area contributed by atoms with Gasteiger partial charge in [-0.25, -0.2) is 4.39 Å². The lowest BCUT2D eigenvalue weighted by molar-refractivity contribution is -0.120. The molecule has 0 aromatic heterocycles. The fourth-order valence-corrected chi connectivity index (χ4v) is 5.36. The van der Waals surface area contributed by atoms with E-state index in [1.807, 2.05) is 32.0 Å². The number of halogens is 1. The van der Waals surface area contributed by atoms with Crippen LogP contribution in [-0.4, -0.2) is 41.2 Å². The molecule has 4 rings (SSSR count). The highest BCUT2D eigenvalue weighted by molar-refractivity contribution is 5.99. The van der Waals surface area contributed by atoms with Crippen molar-refractivity contribution in [2.75, 3.05) is 19.6 Å². The van der Waals surface area contributed by atoms with Gasteiger partial charge in [-0.2, -0.15) is 0 Å². The maximum Gasteiger partial charge on any atom is 0.254 e. The zero-order valence-electron chi connectivity index (χ0n) is 26.2. The summed E-state index contributed by atoms with van der Waals surface area (Å²) >= 11 is 0. The summed E-state index contributed by atoms with van der Waals surface area (Å²) in [5, 5.41) is 2.71. The van der Waals surface area contributed by atoms with Crippen molar-refractivity contribution >= 4 is 11.8 Å². The molecule has 2 unspecified atom stereocenters. The van der Waals surface area contributed by atoms with Crippen molar-refractivity contribution in [2.45, 2.75) is 87.4 Å². The van der Waals surface area contributed by atoms with Crippen LogP contribution in [0.3, 0.4) is 0 Å². The molecule has 2 aliphatic heterocycles. The molecular weight excluding hydrogens is 517 g/mol. The second-order valence-electron chi connectivity index (χ2n) is 11.0. The van der Waals surface area contributed by atoms with Gasteiger partial charge in [-0.05, 0) is 30.4 Å². The van der Waals surface area contributed by atoms with E-state index in [0.29, 0.717) is 59.5 Å². The van der Waals surface area contributed by atoms with E-state index in [9.17, 15) is 9.59 Å². The van der Waals surface area contributed by atoms with Gasteiger partial charge in [0.2, 0.25) is 5.91 Å². The smallest absolute Gasteiger partial charge is 0.254 e. The minimum atomic E-state index is -0.225. The van der Waals surface area contributed by atoms with Crippen LogP contribution in [0.15, 0.2) is 48.7 Å². The number of hydrogen-bond acceptors (Lipinski definition) is 4. The third kappa shape index (κ3) is 9.70. The summed E-state index contributed by atoms with van der Waals surface area (Å²) in [6.07, 6.45) is 2.81.